The molecule has 6 heteroatoms. The number of rotatable bonds is 4. The Bertz CT molecular complexity index is 539. The minimum atomic E-state index is -0.142. The molecule has 2 aromatic rings. The molecule has 0 aliphatic rings. The minimum absolute atomic E-state index is 0.102. The summed E-state index contributed by atoms with van der Waals surface area (Å²) in [6.07, 6.45) is 0.202. The van der Waals surface area contributed by atoms with Crippen LogP contribution in [0.25, 0.3) is 0 Å². The van der Waals surface area contributed by atoms with Gasteiger partial charge in [0.05, 0.1) is 18.7 Å². The number of hydrogen-bond acceptors (Lipinski definition) is 4. The molecule has 94 valence electrons. The fourth-order valence-electron chi connectivity index (χ4n) is 1.38. The molecule has 1 heterocycles. The van der Waals surface area contributed by atoms with Crippen LogP contribution in [0.2, 0.25) is 5.02 Å². The molecule has 1 amide bonds. The first-order valence-corrected chi connectivity index (χ1v) is 6.52. The molecule has 0 radical (unpaired) electrons. The van der Waals surface area contributed by atoms with Crippen molar-refractivity contribution in [3.8, 4) is 0 Å². The molecule has 2 N–H and O–H groups in total. The average molecular weight is 283 g/mol. The summed E-state index contributed by atoms with van der Waals surface area (Å²) in [4.78, 5) is 15.8. The van der Waals surface area contributed by atoms with E-state index in [2.05, 4.69) is 10.3 Å². The van der Waals surface area contributed by atoms with E-state index in [4.69, 9.17) is 16.7 Å². The number of anilines is 1. The van der Waals surface area contributed by atoms with Crippen molar-refractivity contribution in [3.63, 3.8) is 0 Å². The molecule has 0 fully saturated rings. The lowest BCUT2D eigenvalue weighted by atomic mass is 10.3. The third-order valence-electron chi connectivity index (χ3n) is 2.20. The van der Waals surface area contributed by atoms with Crippen molar-refractivity contribution in [2.45, 2.75) is 13.0 Å². The molecule has 4 nitrogen and oxygen atoms in total. The quantitative estimate of drug-likeness (QED) is 0.905. The number of carbonyl (C=O) groups excluding carboxylic acids is 1. The van der Waals surface area contributed by atoms with Crippen molar-refractivity contribution in [2.24, 2.45) is 0 Å². The van der Waals surface area contributed by atoms with Crippen LogP contribution in [0.15, 0.2) is 29.6 Å². The molecule has 0 atom stereocenters. The standard InChI is InChI=1S/C12H11ClN2O2S/c13-8-1-3-9(4-2-8)14-11(17)5-12-15-10(6-16)7-18-12/h1-4,7,16H,5-6H2,(H,14,17). The minimum Gasteiger partial charge on any atom is -0.390 e. The van der Waals surface area contributed by atoms with Crippen LogP contribution in [0.4, 0.5) is 5.69 Å². The van der Waals surface area contributed by atoms with Gasteiger partial charge < -0.3 is 10.4 Å². The van der Waals surface area contributed by atoms with E-state index >= 15 is 0 Å². The Morgan fingerprint density at radius 2 is 2.11 bits per heavy atom. The molecule has 0 aliphatic carbocycles. The normalized spacial score (nSPS) is 10.3. The zero-order valence-electron chi connectivity index (χ0n) is 9.39. The van der Waals surface area contributed by atoms with Gasteiger partial charge >= 0.3 is 0 Å². The zero-order valence-corrected chi connectivity index (χ0v) is 11.0. The van der Waals surface area contributed by atoms with Crippen LogP contribution in [0.1, 0.15) is 10.7 Å². The van der Waals surface area contributed by atoms with Gasteiger partial charge in [0.15, 0.2) is 0 Å². The van der Waals surface area contributed by atoms with E-state index in [9.17, 15) is 4.79 Å². The first-order valence-electron chi connectivity index (χ1n) is 5.27. The van der Waals surface area contributed by atoms with E-state index in [-0.39, 0.29) is 18.9 Å². The van der Waals surface area contributed by atoms with E-state index in [1.165, 1.54) is 11.3 Å². The van der Waals surface area contributed by atoms with Crippen molar-refractivity contribution in [2.75, 3.05) is 5.32 Å². The molecular weight excluding hydrogens is 272 g/mol. The second kappa shape index (κ2) is 5.95. The fraction of sp³-hybridized carbons (Fsp3) is 0.167. The lowest BCUT2D eigenvalue weighted by molar-refractivity contribution is -0.115. The second-order valence-electron chi connectivity index (χ2n) is 3.62. The predicted octanol–water partition coefficient (Wildman–Crippen LogP) is 2.47. The summed E-state index contributed by atoms with van der Waals surface area (Å²) < 4.78 is 0. The maximum Gasteiger partial charge on any atom is 0.231 e. The van der Waals surface area contributed by atoms with Gasteiger partial charge in [-0.1, -0.05) is 11.6 Å². The summed E-state index contributed by atoms with van der Waals surface area (Å²) in [5.74, 6) is -0.142. The van der Waals surface area contributed by atoms with Gasteiger partial charge in [-0.25, -0.2) is 4.98 Å². The molecule has 0 spiro atoms. The number of thiazole rings is 1. The van der Waals surface area contributed by atoms with Gasteiger partial charge in [-0.15, -0.1) is 11.3 Å². The highest BCUT2D eigenvalue weighted by molar-refractivity contribution is 7.09. The molecule has 1 aromatic heterocycles. The Kier molecular flexibility index (Phi) is 4.30. The van der Waals surface area contributed by atoms with Gasteiger partial charge in [0.1, 0.15) is 5.01 Å². The van der Waals surface area contributed by atoms with Gasteiger partial charge in [0.25, 0.3) is 0 Å². The Morgan fingerprint density at radius 3 is 2.72 bits per heavy atom. The Labute approximate surface area is 113 Å². The summed E-state index contributed by atoms with van der Waals surface area (Å²) in [5, 5.41) is 14.7. The number of nitrogens with zero attached hydrogens (tertiary/aromatic N) is 1. The molecule has 1 aromatic carbocycles. The highest BCUT2D eigenvalue weighted by Gasteiger charge is 2.08. The molecule has 0 saturated heterocycles. The zero-order chi connectivity index (χ0) is 13.0. The molecule has 18 heavy (non-hydrogen) atoms. The largest absolute Gasteiger partial charge is 0.390 e. The van der Waals surface area contributed by atoms with Crippen LogP contribution >= 0.6 is 22.9 Å². The number of benzene rings is 1. The number of carbonyl (C=O) groups is 1. The SMILES string of the molecule is O=C(Cc1nc(CO)cs1)Nc1ccc(Cl)cc1. The lowest BCUT2D eigenvalue weighted by Gasteiger charge is -2.03. The number of aliphatic hydroxyl groups is 1. The van der Waals surface area contributed by atoms with Gasteiger partial charge in [-0.05, 0) is 24.3 Å². The van der Waals surface area contributed by atoms with Crippen LogP contribution in [0.3, 0.4) is 0 Å². The number of nitrogens with one attached hydrogen (secondary N) is 1. The summed E-state index contributed by atoms with van der Waals surface area (Å²) in [5.41, 5.74) is 1.29. The van der Waals surface area contributed by atoms with Crippen LogP contribution in [0.5, 0.6) is 0 Å². The number of amides is 1. The van der Waals surface area contributed by atoms with E-state index in [0.717, 1.165) is 0 Å². The molecule has 0 bridgehead atoms. The van der Waals surface area contributed by atoms with Crippen LogP contribution in [-0.2, 0) is 17.8 Å². The van der Waals surface area contributed by atoms with Crippen molar-refractivity contribution in [1.29, 1.82) is 0 Å². The van der Waals surface area contributed by atoms with Crippen molar-refractivity contribution < 1.29 is 9.90 Å². The van der Waals surface area contributed by atoms with Crippen molar-refractivity contribution >= 4 is 34.5 Å². The summed E-state index contributed by atoms with van der Waals surface area (Å²) in [6.45, 7) is -0.102. The first-order chi connectivity index (χ1) is 8.67. The predicted molar refractivity (Wildman–Crippen MR) is 71.8 cm³/mol. The van der Waals surface area contributed by atoms with Crippen LogP contribution in [-0.4, -0.2) is 16.0 Å². The van der Waals surface area contributed by atoms with E-state index in [0.29, 0.717) is 21.4 Å². The van der Waals surface area contributed by atoms with Crippen LogP contribution < -0.4 is 5.32 Å². The number of hydrogen-bond donors (Lipinski definition) is 2. The van der Waals surface area contributed by atoms with Gasteiger partial charge in [0.2, 0.25) is 5.91 Å². The molecule has 2 rings (SSSR count). The lowest BCUT2D eigenvalue weighted by Crippen LogP contribution is -2.14. The number of aromatic nitrogens is 1. The van der Waals surface area contributed by atoms with Gasteiger partial charge in [0, 0.05) is 16.1 Å². The Hall–Kier alpha value is -1.43. The monoisotopic (exact) mass is 282 g/mol. The van der Waals surface area contributed by atoms with E-state index < -0.39 is 0 Å². The highest BCUT2D eigenvalue weighted by Crippen LogP contribution is 2.15. The van der Waals surface area contributed by atoms with E-state index in [1.807, 2.05) is 0 Å². The second-order valence-corrected chi connectivity index (χ2v) is 5.00. The van der Waals surface area contributed by atoms with E-state index in [1.54, 1.807) is 29.6 Å². The van der Waals surface area contributed by atoms with Crippen LogP contribution in [0, 0.1) is 0 Å². The molecule has 0 unspecified atom stereocenters. The number of aliphatic hydroxyl groups excluding tert-OH is 1. The summed E-state index contributed by atoms with van der Waals surface area (Å²) in [7, 11) is 0. The number of halogens is 1. The van der Waals surface area contributed by atoms with Crippen molar-refractivity contribution in [1.82, 2.24) is 4.98 Å². The molecule has 0 saturated carbocycles. The molecular formula is C12H11ClN2O2S. The summed E-state index contributed by atoms with van der Waals surface area (Å²) >= 11 is 7.11. The third kappa shape index (κ3) is 3.53. The maximum atomic E-state index is 11.7. The first kappa shape index (κ1) is 13.0. The Morgan fingerprint density at radius 1 is 1.39 bits per heavy atom. The average Bonchev–Trinajstić information content (AvgIpc) is 2.79. The highest BCUT2D eigenvalue weighted by atomic mass is 35.5. The third-order valence-corrected chi connectivity index (χ3v) is 3.35. The smallest absolute Gasteiger partial charge is 0.231 e. The van der Waals surface area contributed by atoms with Gasteiger partial charge in [-0.3, -0.25) is 4.79 Å². The fourth-order valence-corrected chi connectivity index (χ4v) is 2.29. The Balaban J connectivity index is 1.94. The topological polar surface area (TPSA) is 62.2 Å². The summed E-state index contributed by atoms with van der Waals surface area (Å²) in [6, 6.07) is 6.90. The maximum absolute atomic E-state index is 11.7. The molecule has 0 aliphatic heterocycles. The van der Waals surface area contributed by atoms with Gasteiger partial charge in [-0.2, -0.15) is 0 Å². The van der Waals surface area contributed by atoms with Crippen molar-refractivity contribution in [3.05, 3.63) is 45.4 Å².